The van der Waals surface area contributed by atoms with E-state index in [1.54, 1.807) is 0 Å². The molecular formula is C9H18ClN2OP. The van der Waals surface area contributed by atoms with Gasteiger partial charge in [-0.15, -0.1) is 0 Å². The van der Waals surface area contributed by atoms with Gasteiger partial charge in [-0.3, -0.25) is 0 Å². The third-order valence-electron chi connectivity index (χ3n) is 1.64. The molecule has 1 unspecified atom stereocenters. The van der Waals surface area contributed by atoms with Gasteiger partial charge >= 0.3 is 0 Å². The third kappa shape index (κ3) is 5.12. The molecule has 0 rings (SSSR count). The van der Waals surface area contributed by atoms with Gasteiger partial charge in [0.05, 0.1) is 0 Å². The highest BCUT2D eigenvalue weighted by Gasteiger charge is 2.23. The average Bonchev–Trinajstić information content (AvgIpc) is 2.03. The van der Waals surface area contributed by atoms with E-state index in [4.69, 9.17) is 22.3 Å². The molecule has 0 amide bonds. The molecule has 0 fully saturated rings. The van der Waals surface area contributed by atoms with Crippen molar-refractivity contribution >= 4 is 18.9 Å². The summed E-state index contributed by atoms with van der Waals surface area (Å²) in [4.78, 5) is 3.21. The number of hydrogen-bond donors (Lipinski definition) is 0. The van der Waals surface area contributed by atoms with Crippen LogP contribution in [-0.2, 0) is 4.52 Å². The summed E-state index contributed by atoms with van der Waals surface area (Å²) < 4.78 is 7.54. The molecule has 0 saturated carbocycles. The number of rotatable bonds is 6. The molecule has 3 nitrogen and oxygen atoms in total. The van der Waals surface area contributed by atoms with Crippen LogP contribution in [0.2, 0.25) is 0 Å². The second-order valence-electron chi connectivity index (χ2n) is 3.51. The highest BCUT2D eigenvalue weighted by atomic mass is 35.7. The predicted molar refractivity (Wildman–Crippen MR) is 62.3 cm³/mol. The first-order chi connectivity index (χ1) is 6.50. The zero-order valence-corrected chi connectivity index (χ0v) is 10.8. The molecule has 0 spiro atoms. The van der Waals surface area contributed by atoms with Gasteiger partial charge in [0, 0.05) is 12.1 Å². The Morgan fingerprint density at radius 3 is 2.21 bits per heavy atom. The molecule has 0 aliphatic carbocycles. The monoisotopic (exact) mass is 236 g/mol. The van der Waals surface area contributed by atoms with Crippen LogP contribution < -0.4 is 0 Å². The van der Waals surface area contributed by atoms with Crippen LogP contribution >= 0.6 is 18.9 Å². The topological polar surface area (TPSA) is 16.8 Å². The fourth-order valence-corrected chi connectivity index (χ4v) is 3.53. The van der Waals surface area contributed by atoms with Gasteiger partial charge in [-0.1, -0.05) is 0 Å². The highest BCUT2D eigenvalue weighted by molar-refractivity contribution is 7.78. The lowest BCUT2D eigenvalue weighted by atomic mass is 10.3. The molecule has 0 aromatic heterocycles. The number of nitrogens with zero attached hydrogens (tertiary/aromatic N) is 2. The summed E-state index contributed by atoms with van der Waals surface area (Å²) in [5, 5.41) is 0. The van der Waals surface area contributed by atoms with Crippen LogP contribution in [0, 0.1) is 6.57 Å². The Morgan fingerprint density at radius 1 is 1.36 bits per heavy atom. The molecule has 0 bridgehead atoms. The van der Waals surface area contributed by atoms with Crippen LogP contribution in [0.3, 0.4) is 0 Å². The highest BCUT2D eigenvalue weighted by Crippen LogP contribution is 2.49. The summed E-state index contributed by atoms with van der Waals surface area (Å²) in [6.07, 6.45) is 0. The maximum absolute atomic E-state index is 6.62. The summed E-state index contributed by atoms with van der Waals surface area (Å²) in [6.45, 7) is 15.8. The fourth-order valence-electron chi connectivity index (χ4n) is 1.19. The summed E-state index contributed by atoms with van der Waals surface area (Å²) >= 11 is 6.14. The van der Waals surface area contributed by atoms with Crippen molar-refractivity contribution in [3.63, 3.8) is 0 Å². The van der Waals surface area contributed by atoms with Gasteiger partial charge in [0.25, 0.3) is 0 Å². The van der Waals surface area contributed by atoms with E-state index in [1.165, 1.54) is 0 Å². The van der Waals surface area contributed by atoms with E-state index in [9.17, 15) is 0 Å². The molecule has 82 valence electrons. The molecule has 1 atom stereocenters. The van der Waals surface area contributed by atoms with Crippen molar-refractivity contribution < 1.29 is 4.52 Å². The van der Waals surface area contributed by atoms with Gasteiger partial charge in [-0.05, 0) is 38.9 Å². The van der Waals surface area contributed by atoms with Crippen molar-refractivity contribution in [3.05, 3.63) is 11.4 Å². The van der Waals surface area contributed by atoms with E-state index < -0.39 is 7.65 Å². The van der Waals surface area contributed by atoms with E-state index >= 15 is 0 Å². The summed E-state index contributed by atoms with van der Waals surface area (Å²) in [5.41, 5.74) is 0. The lowest BCUT2D eigenvalue weighted by Gasteiger charge is -2.32. The van der Waals surface area contributed by atoms with Gasteiger partial charge in [0.15, 0.2) is 0 Å². The summed E-state index contributed by atoms with van der Waals surface area (Å²) in [5.74, 6) is 0. The standard InChI is InChI=1S/C9H18ClN2OP/c1-8(2)12(9(3)4)14(10)13-7-6-11-5/h8-9H,6-7H2,1-4H3. The Kier molecular flexibility index (Phi) is 7.49. The van der Waals surface area contributed by atoms with Gasteiger partial charge in [0.1, 0.15) is 6.61 Å². The van der Waals surface area contributed by atoms with Crippen LogP contribution in [-0.4, -0.2) is 29.9 Å². The smallest absolute Gasteiger partial charge is 0.238 e. The first-order valence-electron chi connectivity index (χ1n) is 4.71. The van der Waals surface area contributed by atoms with Crippen molar-refractivity contribution in [3.8, 4) is 0 Å². The lowest BCUT2D eigenvalue weighted by Crippen LogP contribution is -2.31. The molecule has 0 radical (unpaired) electrons. The zero-order chi connectivity index (χ0) is 11.1. The molecule has 0 aliphatic heterocycles. The molecule has 0 aromatic carbocycles. The van der Waals surface area contributed by atoms with Gasteiger partial charge in [0.2, 0.25) is 14.2 Å². The molecule has 0 aliphatic rings. The minimum atomic E-state index is -1.07. The number of halogens is 1. The summed E-state index contributed by atoms with van der Waals surface area (Å²) in [7, 11) is -1.07. The van der Waals surface area contributed by atoms with Crippen LogP contribution in [0.25, 0.3) is 4.85 Å². The van der Waals surface area contributed by atoms with Crippen LogP contribution in [0.5, 0.6) is 0 Å². The Balaban J connectivity index is 4.03. The first-order valence-corrected chi connectivity index (χ1v) is 6.82. The second-order valence-corrected chi connectivity index (χ2v) is 5.55. The fraction of sp³-hybridized carbons (Fsp3) is 0.889. The third-order valence-corrected chi connectivity index (χ3v) is 4.14. The predicted octanol–water partition coefficient (Wildman–Crippen LogP) is 3.51. The van der Waals surface area contributed by atoms with Crippen LogP contribution in [0.1, 0.15) is 27.7 Å². The molecule has 0 aromatic rings. The maximum atomic E-state index is 6.62. The minimum absolute atomic E-state index is 0.367. The number of hydrogen-bond acceptors (Lipinski definition) is 2. The maximum Gasteiger partial charge on any atom is 0.238 e. The molecule has 0 N–H and O–H groups in total. The normalized spacial score (nSPS) is 13.6. The first kappa shape index (κ1) is 14.1. The Morgan fingerprint density at radius 2 is 1.86 bits per heavy atom. The largest absolute Gasteiger partial charge is 0.324 e. The molecule has 0 saturated heterocycles. The molecule has 0 heterocycles. The molecule has 14 heavy (non-hydrogen) atoms. The lowest BCUT2D eigenvalue weighted by molar-refractivity contribution is 0.269. The van der Waals surface area contributed by atoms with E-state index in [0.29, 0.717) is 25.2 Å². The Labute approximate surface area is 92.9 Å². The zero-order valence-electron chi connectivity index (χ0n) is 9.20. The van der Waals surface area contributed by atoms with E-state index in [0.717, 1.165) is 0 Å². The van der Waals surface area contributed by atoms with Gasteiger partial charge in [-0.2, -0.15) is 0 Å². The quantitative estimate of drug-likeness (QED) is 0.399. The van der Waals surface area contributed by atoms with Crippen LogP contribution in [0.15, 0.2) is 0 Å². The van der Waals surface area contributed by atoms with Crippen molar-refractivity contribution in [1.82, 2.24) is 4.67 Å². The average molecular weight is 237 g/mol. The van der Waals surface area contributed by atoms with Crippen molar-refractivity contribution in [2.24, 2.45) is 0 Å². The van der Waals surface area contributed by atoms with Gasteiger partial charge in [-0.25, -0.2) is 11.2 Å². The Hall–Kier alpha value is 0.130. The van der Waals surface area contributed by atoms with Crippen molar-refractivity contribution in [1.29, 1.82) is 0 Å². The molecular weight excluding hydrogens is 219 g/mol. The molecule has 5 heteroatoms. The summed E-state index contributed by atoms with van der Waals surface area (Å²) in [6, 6.07) is 0.734. The SMILES string of the molecule is [C-]#[N+]CCOP(Cl)N(C(C)C)C(C)C. The van der Waals surface area contributed by atoms with E-state index in [2.05, 4.69) is 37.2 Å². The Bertz CT molecular complexity index is 186. The van der Waals surface area contributed by atoms with Gasteiger partial charge < -0.3 is 9.37 Å². The minimum Gasteiger partial charge on any atom is -0.324 e. The van der Waals surface area contributed by atoms with Crippen molar-refractivity contribution in [2.45, 2.75) is 39.8 Å². The second kappa shape index (κ2) is 7.43. The van der Waals surface area contributed by atoms with E-state index in [1.807, 2.05) is 0 Å². The van der Waals surface area contributed by atoms with Crippen LogP contribution in [0.4, 0.5) is 0 Å². The van der Waals surface area contributed by atoms with Crippen molar-refractivity contribution in [2.75, 3.05) is 13.2 Å². The van der Waals surface area contributed by atoms with E-state index in [-0.39, 0.29) is 0 Å².